The van der Waals surface area contributed by atoms with Crippen LogP contribution in [0.1, 0.15) is 30.0 Å². The minimum absolute atomic E-state index is 0.0137. The number of amides is 1. The molecule has 172 valence electrons. The lowest BCUT2D eigenvalue weighted by Crippen LogP contribution is -2.44. The van der Waals surface area contributed by atoms with E-state index in [9.17, 15) is 4.79 Å². The van der Waals surface area contributed by atoms with Crippen LogP contribution in [0.3, 0.4) is 0 Å². The van der Waals surface area contributed by atoms with Gasteiger partial charge in [0, 0.05) is 5.92 Å². The first-order chi connectivity index (χ1) is 16.3. The zero-order chi connectivity index (χ0) is 22.9. The number of nitrogens with one attached hydrogen (secondary N) is 1. The molecule has 0 aromatic heterocycles. The lowest BCUT2D eigenvalue weighted by Gasteiger charge is -2.36. The quantitative estimate of drug-likeness (QED) is 0.520. The summed E-state index contributed by atoms with van der Waals surface area (Å²) in [6.07, 6.45) is 1.71. The molecule has 0 radical (unpaired) electrons. The van der Waals surface area contributed by atoms with Gasteiger partial charge in [0.05, 0.1) is 19.7 Å². The molecule has 1 atom stereocenters. The number of piperidine rings is 1. The molecule has 33 heavy (non-hydrogen) atoms. The van der Waals surface area contributed by atoms with Crippen LogP contribution in [0.15, 0.2) is 84.9 Å². The van der Waals surface area contributed by atoms with Gasteiger partial charge in [0.1, 0.15) is 18.1 Å². The van der Waals surface area contributed by atoms with Gasteiger partial charge in [0.15, 0.2) is 0 Å². The normalized spacial score (nSPS) is 14.9. The first-order valence-corrected chi connectivity index (χ1v) is 11.6. The third kappa shape index (κ3) is 5.93. The predicted molar refractivity (Wildman–Crippen MR) is 131 cm³/mol. The Labute approximate surface area is 196 Å². The highest BCUT2D eigenvalue weighted by Gasteiger charge is 2.32. The number of para-hydroxylation sites is 1. The van der Waals surface area contributed by atoms with Crippen LogP contribution in [0.25, 0.3) is 0 Å². The minimum Gasteiger partial charge on any atom is -0.497 e. The summed E-state index contributed by atoms with van der Waals surface area (Å²) in [7, 11) is 1.67. The van der Waals surface area contributed by atoms with E-state index in [4.69, 9.17) is 9.47 Å². The number of rotatable bonds is 9. The second-order valence-electron chi connectivity index (χ2n) is 8.31. The summed E-state index contributed by atoms with van der Waals surface area (Å²) in [6, 6.07) is 27.8. The van der Waals surface area contributed by atoms with Crippen LogP contribution < -0.4 is 14.8 Å². The molecule has 0 spiro atoms. The highest BCUT2D eigenvalue weighted by atomic mass is 16.5. The lowest BCUT2D eigenvalue weighted by atomic mass is 9.92. The fourth-order valence-corrected chi connectivity index (χ4v) is 4.45. The average molecular weight is 445 g/mol. The van der Waals surface area contributed by atoms with E-state index >= 15 is 0 Å². The minimum atomic E-state index is -0.219. The van der Waals surface area contributed by atoms with E-state index in [1.54, 1.807) is 7.11 Å². The van der Waals surface area contributed by atoms with Crippen LogP contribution in [0.4, 0.5) is 0 Å². The maximum Gasteiger partial charge on any atom is 0.226 e. The number of nitrogens with zero attached hydrogens (tertiary/aromatic N) is 1. The molecule has 5 heteroatoms. The number of benzene rings is 3. The fraction of sp³-hybridized carbons (Fsp3) is 0.321. The maximum atomic E-state index is 13.9. The van der Waals surface area contributed by atoms with Crippen molar-refractivity contribution in [2.24, 2.45) is 5.92 Å². The smallest absolute Gasteiger partial charge is 0.226 e. The number of ether oxygens (including phenoxy) is 2. The SMILES string of the molecule is COc1cccc([C@H](c2ccccc2)N(CCOc2ccccc2)C(=O)C2CCNCC2)c1. The van der Waals surface area contributed by atoms with Crippen LogP contribution in [0, 0.1) is 5.92 Å². The number of methoxy groups -OCH3 is 1. The van der Waals surface area contributed by atoms with Gasteiger partial charge in [-0.15, -0.1) is 0 Å². The van der Waals surface area contributed by atoms with E-state index in [-0.39, 0.29) is 17.9 Å². The standard InChI is InChI=1S/C28H32N2O3/c1-32-26-14-8-11-24(21-26)27(22-9-4-2-5-10-22)30(28(31)23-15-17-29-18-16-23)19-20-33-25-12-6-3-7-13-25/h2-14,21,23,27,29H,15-20H2,1H3/t27-/m0/s1. The van der Waals surface area contributed by atoms with Crippen LogP contribution in [0.2, 0.25) is 0 Å². The zero-order valence-electron chi connectivity index (χ0n) is 19.2. The van der Waals surface area contributed by atoms with Crippen molar-refractivity contribution >= 4 is 5.91 Å². The fourth-order valence-electron chi connectivity index (χ4n) is 4.45. The molecule has 0 saturated carbocycles. The Kier molecular flexibility index (Phi) is 7.99. The third-order valence-corrected chi connectivity index (χ3v) is 6.15. The molecule has 1 N–H and O–H groups in total. The molecule has 1 heterocycles. The number of hydrogen-bond acceptors (Lipinski definition) is 4. The van der Waals surface area contributed by atoms with Crippen LogP contribution >= 0.6 is 0 Å². The Morgan fingerprint density at radius 2 is 1.55 bits per heavy atom. The first kappa shape index (κ1) is 22.9. The first-order valence-electron chi connectivity index (χ1n) is 11.6. The van der Waals surface area contributed by atoms with Crippen LogP contribution in [0.5, 0.6) is 11.5 Å². The van der Waals surface area contributed by atoms with E-state index < -0.39 is 0 Å². The molecular formula is C28H32N2O3. The topological polar surface area (TPSA) is 50.8 Å². The van der Waals surface area contributed by atoms with Crippen molar-refractivity contribution in [2.75, 3.05) is 33.4 Å². The largest absolute Gasteiger partial charge is 0.497 e. The van der Waals surface area contributed by atoms with Crippen molar-refractivity contribution in [3.8, 4) is 11.5 Å². The molecule has 0 bridgehead atoms. The van der Waals surface area contributed by atoms with Gasteiger partial charge in [-0.3, -0.25) is 4.79 Å². The Morgan fingerprint density at radius 1 is 0.909 bits per heavy atom. The molecule has 3 aromatic rings. The molecule has 1 fully saturated rings. The Balaban J connectivity index is 1.67. The van der Waals surface area contributed by atoms with Crippen molar-refractivity contribution in [3.63, 3.8) is 0 Å². The van der Waals surface area contributed by atoms with Gasteiger partial charge in [-0.1, -0.05) is 60.7 Å². The molecule has 1 aliphatic rings. The molecular weight excluding hydrogens is 412 g/mol. The monoisotopic (exact) mass is 444 g/mol. The average Bonchev–Trinajstić information content (AvgIpc) is 2.89. The second kappa shape index (κ2) is 11.5. The molecule has 0 unspecified atom stereocenters. The number of carbonyl (C=O) groups is 1. The summed E-state index contributed by atoms with van der Waals surface area (Å²) in [4.78, 5) is 15.9. The molecule has 5 nitrogen and oxygen atoms in total. The Bertz CT molecular complexity index is 1000. The van der Waals surface area contributed by atoms with Gasteiger partial charge in [0.2, 0.25) is 5.91 Å². The van der Waals surface area contributed by atoms with E-state index in [0.717, 1.165) is 48.6 Å². The van der Waals surface area contributed by atoms with E-state index in [1.165, 1.54) is 0 Å². The number of hydrogen-bond donors (Lipinski definition) is 1. The van der Waals surface area contributed by atoms with Gasteiger partial charge in [-0.2, -0.15) is 0 Å². The predicted octanol–water partition coefficient (Wildman–Crippen LogP) is 4.69. The summed E-state index contributed by atoms with van der Waals surface area (Å²) in [5.41, 5.74) is 2.11. The van der Waals surface area contributed by atoms with E-state index in [1.807, 2.05) is 71.6 Å². The molecule has 1 saturated heterocycles. The van der Waals surface area contributed by atoms with Gasteiger partial charge >= 0.3 is 0 Å². The summed E-state index contributed by atoms with van der Waals surface area (Å²) in [5, 5.41) is 3.37. The van der Waals surface area contributed by atoms with E-state index in [2.05, 4.69) is 23.5 Å². The zero-order valence-corrected chi connectivity index (χ0v) is 19.2. The molecule has 1 amide bonds. The molecule has 3 aromatic carbocycles. The Hall–Kier alpha value is -3.31. The van der Waals surface area contributed by atoms with Gasteiger partial charge in [-0.25, -0.2) is 0 Å². The maximum absolute atomic E-state index is 13.9. The van der Waals surface area contributed by atoms with Crippen molar-refractivity contribution in [2.45, 2.75) is 18.9 Å². The van der Waals surface area contributed by atoms with Crippen molar-refractivity contribution < 1.29 is 14.3 Å². The van der Waals surface area contributed by atoms with Crippen molar-refractivity contribution in [3.05, 3.63) is 96.1 Å². The summed E-state index contributed by atoms with van der Waals surface area (Å²) >= 11 is 0. The third-order valence-electron chi connectivity index (χ3n) is 6.15. The van der Waals surface area contributed by atoms with Crippen LogP contribution in [-0.4, -0.2) is 44.2 Å². The summed E-state index contributed by atoms with van der Waals surface area (Å²) in [5.74, 6) is 1.79. The highest BCUT2D eigenvalue weighted by Crippen LogP contribution is 2.33. The van der Waals surface area contributed by atoms with Crippen LogP contribution in [-0.2, 0) is 4.79 Å². The Morgan fingerprint density at radius 3 is 2.24 bits per heavy atom. The van der Waals surface area contributed by atoms with Gasteiger partial charge in [-0.05, 0) is 61.3 Å². The molecule has 4 rings (SSSR count). The lowest BCUT2D eigenvalue weighted by molar-refractivity contribution is -0.138. The highest BCUT2D eigenvalue weighted by molar-refractivity contribution is 5.80. The van der Waals surface area contributed by atoms with Crippen molar-refractivity contribution in [1.29, 1.82) is 0 Å². The summed E-state index contributed by atoms with van der Waals surface area (Å²) < 4.78 is 11.5. The van der Waals surface area contributed by atoms with Gasteiger partial charge < -0.3 is 19.7 Å². The molecule has 0 aliphatic carbocycles. The van der Waals surface area contributed by atoms with Gasteiger partial charge in [0.25, 0.3) is 0 Å². The van der Waals surface area contributed by atoms with Crippen molar-refractivity contribution in [1.82, 2.24) is 10.2 Å². The van der Waals surface area contributed by atoms with E-state index in [0.29, 0.717) is 13.2 Å². The molecule has 1 aliphatic heterocycles. The second-order valence-corrected chi connectivity index (χ2v) is 8.31. The number of carbonyl (C=O) groups excluding carboxylic acids is 1. The summed E-state index contributed by atoms with van der Waals surface area (Å²) in [6.45, 7) is 2.67.